The van der Waals surface area contributed by atoms with E-state index in [1.165, 1.54) is 6.07 Å². The first-order valence-corrected chi connectivity index (χ1v) is 8.57. The van der Waals surface area contributed by atoms with Gasteiger partial charge in [-0.05, 0) is 30.5 Å². The molecule has 2 saturated heterocycles. The van der Waals surface area contributed by atoms with Gasteiger partial charge in [0.05, 0.1) is 11.5 Å². The molecule has 2 heterocycles. The highest BCUT2D eigenvalue weighted by Crippen LogP contribution is 2.43. The normalized spacial score (nSPS) is 23.0. The molecular weight excluding hydrogens is 346 g/mol. The lowest BCUT2D eigenvalue weighted by Crippen LogP contribution is -2.55. The zero-order chi connectivity index (χ0) is 18.9. The second-order valence-electron chi connectivity index (χ2n) is 6.95. The number of amides is 1. The van der Waals surface area contributed by atoms with Gasteiger partial charge in [-0.15, -0.1) is 0 Å². The summed E-state index contributed by atoms with van der Waals surface area (Å²) in [6, 6.07) is 6.58. The van der Waals surface area contributed by atoms with Crippen LogP contribution in [0.25, 0.3) is 0 Å². The number of aliphatic carboxylic acids is 1. The van der Waals surface area contributed by atoms with Crippen molar-refractivity contribution in [3.05, 3.63) is 29.8 Å². The smallest absolute Gasteiger partial charge is 0.387 e. The van der Waals surface area contributed by atoms with Gasteiger partial charge >= 0.3 is 12.6 Å². The van der Waals surface area contributed by atoms with Crippen LogP contribution in [0.5, 0.6) is 5.75 Å². The zero-order valence-corrected chi connectivity index (χ0v) is 14.5. The number of carbonyl (C=O) groups excluding carboxylic acids is 1. The maximum Gasteiger partial charge on any atom is 0.387 e. The van der Waals surface area contributed by atoms with Crippen LogP contribution in [0.15, 0.2) is 24.3 Å². The molecule has 0 aliphatic carbocycles. The Hall–Kier alpha value is -2.22. The summed E-state index contributed by atoms with van der Waals surface area (Å²) in [7, 11) is 1.69. The van der Waals surface area contributed by atoms with Crippen molar-refractivity contribution in [1.29, 1.82) is 0 Å². The SMILES string of the molecule is CN1C(=O)CC(C(=O)O)C12CCN(Cc1cccc(OC(F)F)c1)CC2. The van der Waals surface area contributed by atoms with Crippen LogP contribution in [0.2, 0.25) is 0 Å². The second kappa shape index (κ2) is 7.19. The number of halogens is 2. The van der Waals surface area contributed by atoms with Gasteiger partial charge in [-0.2, -0.15) is 8.78 Å². The molecule has 142 valence electrons. The molecule has 26 heavy (non-hydrogen) atoms. The third-order valence-electron chi connectivity index (χ3n) is 5.62. The lowest BCUT2D eigenvalue weighted by atomic mass is 9.77. The van der Waals surface area contributed by atoms with Crippen LogP contribution in [0.3, 0.4) is 0 Å². The summed E-state index contributed by atoms with van der Waals surface area (Å²) in [6.07, 6.45) is 1.22. The average molecular weight is 368 g/mol. The predicted octanol–water partition coefficient (Wildman–Crippen LogP) is 2.19. The highest BCUT2D eigenvalue weighted by molar-refractivity contribution is 5.88. The standard InChI is InChI=1S/C18H22F2N2O4/c1-21-15(23)10-14(16(24)25)18(21)5-7-22(8-6-18)11-12-3-2-4-13(9-12)26-17(19)20/h2-4,9,14,17H,5-8,10-11H2,1H3,(H,24,25). The van der Waals surface area contributed by atoms with Crippen molar-refractivity contribution in [2.24, 2.45) is 5.92 Å². The van der Waals surface area contributed by atoms with Crippen LogP contribution in [0.1, 0.15) is 24.8 Å². The lowest BCUT2D eigenvalue weighted by molar-refractivity contribution is -0.146. The largest absolute Gasteiger partial charge is 0.481 e. The van der Waals surface area contributed by atoms with Gasteiger partial charge < -0.3 is 14.7 Å². The molecule has 1 aromatic carbocycles. The van der Waals surface area contributed by atoms with E-state index in [4.69, 9.17) is 0 Å². The Bertz CT molecular complexity index is 690. The van der Waals surface area contributed by atoms with Gasteiger partial charge in [0.2, 0.25) is 5.91 Å². The number of carboxylic acid groups (broad SMARTS) is 1. The highest BCUT2D eigenvalue weighted by atomic mass is 19.3. The summed E-state index contributed by atoms with van der Waals surface area (Å²) in [5, 5.41) is 9.50. The van der Waals surface area contributed by atoms with Crippen molar-refractivity contribution < 1.29 is 28.2 Å². The maximum absolute atomic E-state index is 12.3. The Kier molecular flexibility index (Phi) is 5.13. The minimum Gasteiger partial charge on any atom is -0.481 e. The number of nitrogens with zero attached hydrogens (tertiary/aromatic N) is 2. The Morgan fingerprint density at radius 2 is 2.08 bits per heavy atom. The van der Waals surface area contributed by atoms with Crippen LogP contribution in [-0.2, 0) is 16.1 Å². The summed E-state index contributed by atoms with van der Waals surface area (Å²) < 4.78 is 29.1. The summed E-state index contributed by atoms with van der Waals surface area (Å²) >= 11 is 0. The van der Waals surface area contributed by atoms with Crippen molar-refractivity contribution in [3.8, 4) is 5.75 Å². The fourth-order valence-electron chi connectivity index (χ4n) is 4.16. The molecule has 1 atom stereocenters. The molecule has 1 N–H and O–H groups in total. The van der Waals surface area contributed by atoms with Gasteiger partial charge in [0, 0.05) is 33.1 Å². The van der Waals surface area contributed by atoms with Gasteiger partial charge in [0.1, 0.15) is 5.75 Å². The molecule has 1 spiro atoms. The predicted molar refractivity (Wildman–Crippen MR) is 88.8 cm³/mol. The Morgan fingerprint density at radius 3 is 2.69 bits per heavy atom. The molecular formula is C18H22F2N2O4. The molecule has 2 aliphatic heterocycles. The Balaban J connectivity index is 1.65. The molecule has 2 fully saturated rings. The van der Waals surface area contributed by atoms with E-state index in [1.807, 2.05) is 6.07 Å². The fraction of sp³-hybridized carbons (Fsp3) is 0.556. The minimum absolute atomic E-state index is 0.0544. The van der Waals surface area contributed by atoms with Crippen LogP contribution in [0, 0.1) is 5.92 Å². The molecule has 6 nitrogen and oxygen atoms in total. The molecule has 1 unspecified atom stereocenters. The number of likely N-dealkylation sites (tertiary alicyclic amines) is 2. The molecule has 3 rings (SSSR count). The number of carboxylic acids is 1. The Morgan fingerprint density at radius 1 is 1.38 bits per heavy atom. The van der Waals surface area contributed by atoms with E-state index in [2.05, 4.69) is 9.64 Å². The molecule has 0 aromatic heterocycles. The van der Waals surface area contributed by atoms with Gasteiger partial charge in [0.25, 0.3) is 0 Å². The van der Waals surface area contributed by atoms with Crippen LogP contribution in [-0.4, -0.2) is 59.1 Å². The number of hydrogen-bond donors (Lipinski definition) is 1. The third-order valence-corrected chi connectivity index (χ3v) is 5.62. The van der Waals surface area contributed by atoms with E-state index in [1.54, 1.807) is 24.1 Å². The molecule has 2 aliphatic rings. The van der Waals surface area contributed by atoms with Crippen LogP contribution < -0.4 is 4.74 Å². The molecule has 0 saturated carbocycles. The lowest BCUT2D eigenvalue weighted by Gasteiger charge is -2.45. The van der Waals surface area contributed by atoms with E-state index in [9.17, 15) is 23.5 Å². The summed E-state index contributed by atoms with van der Waals surface area (Å²) in [4.78, 5) is 27.4. The zero-order valence-electron chi connectivity index (χ0n) is 14.5. The van der Waals surface area contributed by atoms with Gasteiger partial charge in [0.15, 0.2) is 0 Å². The van der Waals surface area contributed by atoms with E-state index >= 15 is 0 Å². The van der Waals surface area contributed by atoms with Crippen LogP contribution in [0.4, 0.5) is 8.78 Å². The number of piperidine rings is 1. The Labute approximate surface area is 150 Å². The maximum atomic E-state index is 12.3. The van der Waals surface area contributed by atoms with Gasteiger partial charge in [-0.25, -0.2) is 0 Å². The van der Waals surface area contributed by atoms with E-state index < -0.39 is 24.0 Å². The number of hydrogen-bond acceptors (Lipinski definition) is 4. The van der Waals surface area contributed by atoms with E-state index in [-0.39, 0.29) is 18.1 Å². The minimum atomic E-state index is -2.86. The third kappa shape index (κ3) is 3.51. The molecule has 1 aromatic rings. The van der Waals surface area contributed by atoms with Crippen LogP contribution >= 0.6 is 0 Å². The first kappa shape index (κ1) is 18.6. The topological polar surface area (TPSA) is 70.1 Å². The van der Waals surface area contributed by atoms with Gasteiger partial charge in [-0.1, -0.05) is 12.1 Å². The van der Waals surface area contributed by atoms with E-state index in [0.717, 1.165) is 5.56 Å². The number of ether oxygens (including phenoxy) is 1. The first-order valence-electron chi connectivity index (χ1n) is 8.57. The summed E-state index contributed by atoms with van der Waals surface area (Å²) in [5.41, 5.74) is 0.227. The van der Waals surface area contributed by atoms with Crippen molar-refractivity contribution in [3.63, 3.8) is 0 Å². The van der Waals surface area contributed by atoms with E-state index in [0.29, 0.717) is 32.5 Å². The average Bonchev–Trinajstić information content (AvgIpc) is 2.82. The monoisotopic (exact) mass is 368 g/mol. The number of alkyl halides is 2. The van der Waals surface area contributed by atoms with Crippen molar-refractivity contribution in [2.45, 2.75) is 38.0 Å². The second-order valence-corrected chi connectivity index (χ2v) is 6.95. The molecule has 8 heteroatoms. The number of benzene rings is 1. The summed E-state index contributed by atoms with van der Waals surface area (Å²) in [5.74, 6) is -1.60. The van der Waals surface area contributed by atoms with Crippen molar-refractivity contribution in [2.75, 3.05) is 20.1 Å². The van der Waals surface area contributed by atoms with Gasteiger partial charge in [-0.3, -0.25) is 14.5 Å². The molecule has 0 bridgehead atoms. The molecule has 0 radical (unpaired) electrons. The highest BCUT2D eigenvalue weighted by Gasteiger charge is 2.55. The van der Waals surface area contributed by atoms with Crippen molar-refractivity contribution in [1.82, 2.24) is 9.80 Å². The quantitative estimate of drug-likeness (QED) is 0.863. The first-order chi connectivity index (χ1) is 12.3. The number of carbonyl (C=O) groups is 2. The summed E-state index contributed by atoms with van der Waals surface area (Å²) in [6.45, 7) is -1.02. The fourth-order valence-corrected chi connectivity index (χ4v) is 4.16. The number of rotatable bonds is 5. The molecule has 1 amide bonds. The van der Waals surface area contributed by atoms with Crippen molar-refractivity contribution >= 4 is 11.9 Å².